The number of ether oxygens (including phenoxy) is 3. The van der Waals surface area contributed by atoms with Gasteiger partial charge in [-0.3, -0.25) is 9.59 Å². The molecule has 0 radical (unpaired) electrons. The second-order valence-corrected chi connectivity index (χ2v) is 8.47. The number of aromatic hydroxyl groups is 1. The molecule has 4 rings (SSSR count). The van der Waals surface area contributed by atoms with E-state index in [0.717, 1.165) is 0 Å². The number of fused-ring (bicyclic) bond motifs is 1. The summed E-state index contributed by atoms with van der Waals surface area (Å²) in [6, 6.07) is 4.16. The van der Waals surface area contributed by atoms with E-state index >= 15 is 0 Å². The van der Waals surface area contributed by atoms with Gasteiger partial charge in [-0.15, -0.1) is 0 Å². The van der Waals surface area contributed by atoms with E-state index in [4.69, 9.17) is 14.2 Å². The van der Waals surface area contributed by atoms with Crippen LogP contribution in [0.5, 0.6) is 11.5 Å². The molecule has 0 amide bonds. The van der Waals surface area contributed by atoms with Crippen LogP contribution in [0.3, 0.4) is 0 Å². The van der Waals surface area contributed by atoms with E-state index in [1.807, 2.05) is 22.6 Å². The summed E-state index contributed by atoms with van der Waals surface area (Å²) in [6.07, 6.45) is -1.57. The van der Waals surface area contributed by atoms with E-state index in [-0.39, 0.29) is 17.4 Å². The summed E-state index contributed by atoms with van der Waals surface area (Å²) in [5.41, 5.74) is 0. The number of hydrogen-bond acceptors (Lipinski definition) is 7. The number of esters is 3. The first kappa shape index (κ1) is 19.3. The average molecular weight is 508 g/mol. The second kappa shape index (κ2) is 6.53. The Morgan fingerprint density at radius 2 is 2.04 bits per heavy atom. The molecule has 1 aromatic rings. The number of rotatable bonds is 4. The SMILES string of the molecule is CC(F)(F)C(=O)OC1C2CC3C1OC(=O)C3C2C(=O)Oc1ccc(O)cc1I. The van der Waals surface area contributed by atoms with Crippen LogP contribution in [-0.2, 0) is 23.9 Å². The number of phenols is 1. The molecule has 3 aliphatic rings. The number of carbonyl (C=O) groups excluding carboxylic acids is 3. The molecule has 2 aliphatic carbocycles. The van der Waals surface area contributed by atoms with Crippen molar-refractivity contribution in [3.8, 4) is 11.5 Å². The number of phenolic OH excluding ortho intramolecular Hbond substituents is 1. The zero-order chi connectivity index (χ0) is 20.4. The Labute approximate surface area is 171 Å². The minimum absolute atomic E-state index is 0.00111. The lowest BCUT2D eigenvalue weighted by atomic mass is 9.78. The average Bonchev–Trinajstić information content (AvgIpc) is 3.19. The Morgan fingerprint density at radius 1 is 1.32 bits per heavy atom. The van der Waals surface area contributed by atoms with Crippen molar-refractivity contribution in [2.75, 3.05) is 0 Å². The van der Waals surface area contributed by atoms with Gasteiger partial charge in [0, 0.05) is 18.8 Å². The molecular weight excluding hydrogens is 493 g/mol. The molecule has 3 fully saturated rings. The Bertz CT molecular complexity index is 868. The smallest absolute Gasteiger partial charge is 0.377 e. The normalized spacial score (nSPS) is 32.9. The molecule has 150 valence electrons. The first-order valence-electron chi connectivity index (χ1n) is 8.57. The van der Waals surface area contributed by atoms with Crippen molar-refractivity contribution in [1.82, 2.24) is 0 Å². The third-order valence-electron chi connectivity index (χ3n) is 5.55. The summed E-state index contributed by atoms with van der Waals surface area (Å²) in [4.78, 5) is 36.7. The molecular formula is C18H15F2IO7. The Morgan fingerprint density at radius 3 is 2.68 bits per heavy atom. The zero-order valence-electron chi connectivity index (χ0n) is 14.4. The van der Waals surface area contributed by atoms with Gasteiger partial charge in [0.15, 0.2) is 0 Å². The van der Waals surface area contributed by atoms with Crippen LogP contribution in [0, 0.1) is 27.2 Å². The van der Waals surface area contributed by atoms with Crippen LogP contribution < -0.4 is 4.74 Å². The van der Waals surface area contributed by atoms with E-state index in [1.165, 1.54) is 18.2 Å². The van der Waals surface area contributed by atoms with Crippen LogP contribution in [-0.4, -0.2) is 41.1 Å². The van der Waals surface area contributed by atoms with Crippen molar-refractivity contribution < 1.29 is 42.5 Å². The fourth-order valence-electron chi connectivity index (χ4n) is 4.44. The maximum absolute atomic E-state index is 13.3. The lowest BCUT2D eigenvalue weighted by molar-refractivity contribution is -0.185. The van der Waals surface area contributed by atoms with Gasteiger partial charge in [0.25, 0.3) is 0 Å². The topological polar surface area (TPSA) is 99.1 Å². The molecule has 1 heterocycles. The molecule has 6 unspecified atom stereocenters. The molecule has 0 aromatic heterocycles. The van der Waals surface area contributed by atoms with Crippen LogP contribution in [0.25, 0.3) is 0 Å². The summed E-state index contributed by atoms with van der Waals surface area (Å²) in [7, 11) is 0. The maximum atomic E-state index is 13.3. The molecule has 1 aromatic carbocycles. The zero-order valence-corrected chi connectivity index (χ0v) is 16.6. The van der Waals surface area contributed by atoms with Crippen LogP contribution in [0.4, 0.5) is 8.78 Å². The second-order valence-electron chi connectivity index (χ2n) is 7.31. The molecule has 1 aliphatic heterocycles. The quantitative estimate of drug-likeness (QED) is 0.379. The molecule has 2 bridgehead atoms. The lowest BCUT2D eigenvalue weighted by Gasteiger charge is -2.30. The Balaban J connectivity index is 1.58. The molecule has 6 atom stereocenters. The molecule has 28 heavy (non-hydrogen) atoms. The van der Waals surface area contributed by atoms with E-state index < -0.39 is 53.8 Å². The monoisotopic (exact) mass is 508 g/mol. The summed E-state index contributed by atoms with van der Waals surface area (Å²) < 4.78 is 42.6. The van der Waals surface area contributed by atoms with Crippen molar-refractivity contribution >= 4 is 40.5 Å². The van der Waals surface area contributed by atoms with Crippen molar-refractivity contribution in [2.24, 2.45) is 23.7 Å². The molecule has 1 N–H and O–H groups in total. The van der Waals surface area contributed by atoms with Gasteiger partial charge in [0.2, 0.25) is 0 Å². The predicted octanol–water partition coefficient (Wildman–Crippen LogP) is 2.28. The van der Waals surface area contributed by atoms with Gasteiger partial charge in [-0.05, 0) is 47.2 Å². The molecule has 0 spiro atoms. The van der Waals surface area contributed by atoms with Crippen molar-refractivity contribution in [3.05, 3.63) is 21.8 Å². The Hall–Kier alpha value is -1.98. The van der Waals surface area contributed by atoms with Gasteiger partial charge < -0.3 is 19.3 Å². The number of carbonyl (C=O) groups is 3. The summed E-state index contributed by atoms with van der Waals surface area (Å²) in [5, 5.41) is 9.46. The fourth-order valence-corrected chi connectivity index (χ4v) is 5.05. The standard InChI is InChI=1S/C18H15F2IO7/c1-18(19,20)17(25)28-14-8-5-7-12(16(24)27-13(7)14)11(8)15(23)26-10-3-2-6(22)4-9(10)21/h2-4,7-8,11-14,22H,5H2,1H3. The van der Waals surface area contributed by atoms with Gasteiger partial charge in [0.05, 0.1) is 15.4 Å². The summed E-state index contributed by atoms with van der Waals surface area (Å²) in [6.45, 7) is 0.421. The van der Waals surface area contributed by atoms with Crippen LogP contribution in [0.15, 0.2) is 18.2 Å². The Kier molecular flexibility index (Phi) is 4.51. The summed E-state index contributed by atoms with van der Waals surface area (Å²) >= 11 is 1.88. The number of halogens is 3. The molecule has 7 nitrogen and oxygen atoms in total. The summed E-state index contributed by atoms with van der Waals surface area (Å²) in [5.74, 6) is -9.26. The van der Waals surface area contributed by atoms with E-state index in [2.05, 4.69) is 0 Å². The molecule has 1 saturated heterocycles. The van der Waals surface area contributed by atoms with Crippen LogP contribution >= 0.6 is 22.6 Å². The third kappa shape index (κ3) is 3.01. The van der Waals surface area contributed by atoms with Gasteiger partial charge >= 0.3 is 23.8 Å². The first-order chi connectivity index (χ1) is 13.1. The highest BCUT2D eigenvalue weighted by Crippen LogP contribution is 2.59. The van der Waals surface area contributed by atoms with Gasteiger partial charge in [-0.2, -0.15) is 8.78 Å². The van der Waals surface area contributed by atoms with E-state index in [9.17, 15) is 28.3 Å². The van der Waals surface area contributed by atoms with Gasteiger partial charge in [-0.25, -0.2) is 4.79 Å². The minimum Gasteiger partial charge on any atom is -0.508 e. The van der Waals surface area contributed by atoms with Crippen LogP contribution in [0.2, 0.25) is 0 Å². The fraction of sp³-hybridized carbons (Fsp3) is 0.500. The molecule has 10 heteroatoms. The van der Waals surface area contributed by atoms with Gasteiger partial charge in [-0.1, -0.05) is 0 Å². The van der Waals surface area contributed by atoms with Crippen molar-refractivity contribution in [1.29, 1.82) is 0 Å². The maximum Gasteiger partial charge on any atom is 0.377 e. The van der Waals surface area contributed by atoms with Crippen molar-refractivity contribution in [3.63, 3.8) is 0 Å². The highest BCUT2D eigenvalue weighted by molar-refractivity contribution is 14.1. The number of benzene rings is 1. The van der Waals surface area contributed by atoms with E-state index in [1.54, 1.807) is 0 Å². The predicted molar refractivity (Wildman–Crippen MR) is 95.4 cm³/mol. The minimum atomic E-state index is -3.69. The molecule has 2 saturated carbocycles. The lowest BCUT2D eigenvalue weighted by Crippen LogP contribution is -2.46. The highest BCUT2D eigenvalue weighted by atomic mass is 127. The van der Waals surface area contributed by atoms with Crippen LogP contribution in [0.1, 0.15) is 13.3 Å². The van der Waals surface area contributed by atoms with Crippen molar-refractivity contribution in [2.45, 2.75) is 31.5 Å². The number of alkyl halides is 2. The third-order valence-corrected chi connectivity index (χ3v) is 6.39. The largest absolute Gasteiger partial charge is 0.508 e. The number of hydrogen-bond donors (Lipinski definition) is 1. The van der Waals surface area contributed by atoms with Gasteiger partial charge in [0.1, 0.15) is 23.7 Å². The first-order valence-corrected chi connectivity index (χ1v) is 9.65. The highest BCUT2D eigenvalue weighted by Gasteiger charge is 2.70. The van der Waals surface area contributed by atoms with E-state index in [0.29, 0.717) is 16.9 Å².